The molecule has 3 heterocycles. The van der Waals surface area contributed by atoms with Crippen LogP contribution in [0.4, 0.5) is 9.59 Å². The molecule has 0 spiro atoms. The molecule has 0 aromatic rings. The molecule has 2 saturated heterocycles. The first-order valence-electron chi connectivity index (χ1n) is 10.0. The van der Waals surface area contributed by atoms with E-state index in [1.807, 2.05) is 6.07 Å². The SMILES string of the molecule is CC(C)(C)OC(=O)OC1=C(/C=C/C#N)C2CCN(OC(=O)OC(C)(C)C)[C@@H]3C(=O)N1[C@H]23. The van der Waals surface area contributed by atoms with Gasteiger partial charge in [-0.3, -0.25) is 9.69 Å². The van der Waals surface area contributed by atoms with Crippen LogP contribution in [0.3, 0.4) is 0 Å². The van der Waals surface area contributed by atoms with Crippen molar-refractivity contribution in [1.29, 1.82) is 5.26 Å². The lowest BCUT2D eigenvalue weighted by Crippen LogP contribution is -2.72. The molecule has 0 aliphatic carbocycles. The largest absolute Gasteiger partial charge is 0.528 e. The number of amides is 1. The number of β-lactam (4-membered cyclic amide) rings is 1. The fourth-order valence-electron chi connectivity index (χ4n) is 3.88. The lowest BCUT2D eigenvalue weighted by Gasteiger charge is -2.51. The van der Waals surface area contributed by atoms with E-state index in [-0.39, 0.29) is 30.3 Å². The molecule has 10 heteroatoms. The van der Waals surface area contributed by atoms with Gasteiger partial charge in [0.15, 0.2) is 0 Å². The molecule has 2 fully saturated rings. The summed E-state index contributed by atoms with van der Waals surface area (Å²) in [6.45, 7) is 10.5. The highest BCUT2D eigenvalue weighted by Gasteiger charge is 2.64. The van der Waals surface area contributed by atoms with E-state index < -0.39 is 29.6 Å². The maximum absolute atomic E-state index is 12.9. The number of rotatable bonds is 3. The minimum Gasteiger partial charge on any atom is -0.428 e. The fraction of sp³-hybridized carbons (Fsp3) is 0.619. The van der Waals surface area contributed by atoms with Gasteiger partial charge in [0.1, 0.15) is 17.2 Å². The van der Waals surface area contributed by atoms with Gasteiger partial charge in [0, 0.05) is 24.1 Å². The second-order valence-corrected chi connectivity index (χ2v) is 9.52. The molecule has 10 nitrogen and oxygen atoms in total. The Balaban J connectivity index is 1.81. The van der Waals surface area contributed by atoms with Crippen LogP contribution in [0.1, 0.15) is 48.0 Å². The number of nitrogens with zero attached hydrogens (tertiary/aromatic N) is 3. The van der Waals surface area contributed by atoms with Crippen LogP contribution in [-0.4, -0.2) is 58.0 Å². The quantitative estimate of drug-likeness (QED) is 0.376. The van der Waals surface area contributed by atoms with Crippen molar-refractivity contribution in [2.75, 3.05) is 6.54 Å². The van der Waals surface area contributed by atoms with Crippen LogP contribution in [0.25, 0.3) is 0 Å². The van der Waals surface area contributed by atoms with Crippen LogP contribution < -0.4 is 0 Å². The Morgan fingerprint density at radius 1 is 1.10 bits per heavy atom. The number of hydroxylamine groups is 2. The Kier molecular flexibility index (Phi) is 5.76. The van der Waals surface area contributed by atoms with Gasteiger partial charge in [-0.1, -0.05) is 0 Å². The molecule has 0 radical (unpaired) electrons. The van der Waals surface area contributed by atoms with E-state index in [9.17, 15) is 14.4 Å². The van der Waals surface area contributed by atoms with Gasteiger partial charge in [-0.25, -0.2) is 9.59 Å². The van der Waals surface area contributed by atoms with Crippen molar-refractivity contribution in [3.8, 4) is 6.07 Å². The highest BCUT2D eigenvalue weighted by Crippen LogP contribution is 2.49. The van der Waals surface area contributed by atoms with Gasteiger partial charge in [0.2, 0.25) is 5.88 Å². The van der Waals surface area contributed by atoms with E-state index in [0.717, 1.165) is 0 Å². The summed E-state index contributed by atoms with van der Waals surface area (Å²) in [5.41, 5.74) is -0.945. The number of hydrogen-bond donors (Lipinski definition) is 0. The third-order valence-corrected chi connectivity index (χ3v) is 4.85. The normalized spacial score (nSPS) is 25.6. The molecule has 0 saturated carbocycles. The monoisotopic (exact) mass is 433 g/mol. The van der Waals surface area contributed by atoms with Crippen LogP contribution in [0.5, 0.6) is 0 Å². The molecule has 3 aliphatic heterocycles. The van der Waals surface area contributed by atoms with Crippen molar-refractivity contribution in [3.63, 3.8) is 0 Å². The van der Waals surface area contributed by atoms with Crippen LogP contribution in [0.15, 0.2) is 23.6 Å². The standard InChI is InChI=1S/C21H27N3O7/c1-20(2,3)29-18(26)28-17-13(8-7-10-22)12-9-11-23(15-14(12)24(17)16(15)25)31-19(27)30-21(4,5)6/h7-8,12,14-15H,9,11H2,1-6H3/b8-7+/t12?,14-,15+/m1/s1. The number of nitriles is 1. The summed E-state index contributed by atoms with van der Waals surface area (Å²) in [5.74, 6) is -0.503. The van der Waals surface area contributed by atoms with Crippen molar-refractivity contribution in [1.82, 2.24) is 9.96 Å². The van der Waals surface area contributed by atoms with Gasteiger partial charge >= 0.3 is 12.3 Å². The topological polar surface area (TPSA) is 118 Å². The first-order valence-corrected chi connectivity index (χ1v) is 10.0. The van der Waals surface area contributed by atoms with E-state index in [1.165, 1.54) is 22.1 Å². The number of ether oxygens (including phenoxy) is 3. The number of hydrogen-bond acceptors (Lipinski definition) is 9. The molecule has 3 aliphatic rings. The van der Waals surface area contributed by atoms with Gasteiger partial charge in [0.05, 0.1) is 12.1 Å². The number of carbonyl (C=O) groups is 3. The van der Waals surface area contributed by atoms with E-state index in [4.69, 9.17) is 24.3 Å². The van der Waals surface area contributed by atoms with Crippen molar-refractivity contribution >= 4 is 18.2 Å². The zero-order valence-corrected chi connectivity index (χ0v) is 18.5. The van der Waals surface area contributed by atoms with Gasteiger partial charge in [-0.2, -0.15) is 5.26 Å². The first kappa shape index (κ1) is 22.6. The van der Waals surface area contributed by atoms with Gasteiger partial charge in [-0.15, -0.1) is 5.06 Å². The van der Waals surface area contributed by atoms with Gasteiger partial charge in [-0.05, 0) is 54.0 Å². The van der Waals surface area contributed by atoms with Crippen molar-refractivity contribution in [2.45, 2.75) is 71.2 Å². The Bertz CT molecular complexity index is 888. The summed E-state index contributed by atoms with van der Waals surface area (Å²) in [6, 6.07) is 0.797. The average molecular weight is 433 g/mol. The molecule has 1 amide bonds. The molecular formula is C21H27N3O7. The molecule has 31 heavy (non-hydrogen) atoms. The van der Waals surface area contributed by atoms with E-state index in [0.29, 0.717) is 12.0 Å². The third-order valence-electron chi connectivity index (χ3n) is 4.85. The molecule has 0 N–H and O–H groups in total. The Morgan fingerprint density at radius 3 is 2.29 bits per heavy atom. The first-order chi connectivity index (χ1) is 14.3. The molecule has 168 valence electrons. The smallest absolute Gasteiger partial charge is 0.428 e. The number of carbonyl (C=O) groups excluding carboxylic acids is 3. The summed E-state index contributed by atoms with van der Waals surface area (Å²) < 4.78 is 15.8. The maximum Gasteiger partial charge on any atom is 0.528 e. The zero-order valence-electron chi connectivity index (χ0n) is 18.5. The maximum atomic E-state index is 12.9. The Morgan fingerprint density at radius 2 is 1.71 bits per heavy atom. The number of allylic oxidation sites excluding steroid dienone is 2. The van der Waals surface area contributed by atoms with Crippen LogP contribution in [0, 0.1) is 17.2 Å². The van der Waals surface area contributed by atoms with E-state index in [2.05, 4.69) is 0 Å². The van der Waals surface area contributed by atoms with Crippen molar-refractivity contribution in [3.05, 3.63) is 23.6 Å². The molecular weight excluding hydrogens is 406 g/mol. The summed E-state index contributed by atoms with van der Waals surface area (Å²) in [6.07, 6.45) is 1.49. The number of piperidine rings is 1. The second kappa shape index (κ2) is 7.89. The van der Waals surface area contributed by atoms with Crippen molar-refractivity contribution < 1.29 is 33.4 Å². The van der Waals surface area contributed by atoms with E-state index >= 15 is 0 Å². The Labute approximate surface area is 180 Å². The highest BCUT2D eigenvalue weighted by atomic mass is 16.8. The summed E-state index contributed by atoms with van der Waals surface area (Å²) in [5, 5.41) is 10.3. The summed E-state index contributed by atoms with van der Waals surface area (Å²) in [4.78, 5) is 43.9. The highest BCUT2D eigenvalue weighted by molar-refractivity contribution is 5.93. The predicted octanol–water partition coefficient (Wildman–Crippen LogP) is 3.01. The average Bonchev–Trinajstić information content (AvgIpc) is 2.86. The second-order valence-electron chi connectivity index (χ2n) is 9.52. The molecule has 1 unspecified atom stereocenters. The minimum absolute atomic E-state index is 0.0520. The van der Waals surface area contributed by atoms with E-state index in [1.54, 1.807) is 41.5 Å². The lowest BCUT2D eigenvalue weighted by molar-refractivity contribution is -0.223. The molecule has 0 aromatic carbocycles. The third kappa shape index (κ3) is 4.66. The molecule has 3 rings (SSSR count). The van der Waals surface area contributed by atoms with Gasteiger partial charge < -0.3 is 19.0 Å². The fourth-order valence-corrected chi connectivity index (χ4v) is 3.88. The van der Waals surface area contributed by atoms with Crippen LogP contribution in [0.2, 0.25) is 0 Å². The predicted molar refractivity (Wildman–Crippen MR) is 106 cm³/mol. The van der Waals surface area contributed by atoms with Crippen molar-refractivity contribution in [2.24, 2.45) is 5.92 Å². The summed E-state index contributed by atoms with van der Waals surface area (Å²) in [7, 11) is 0. The summed E-state index contributed by atoms with van der Waals surface area (Å²) >= 11 is 0. The molecule has 3 atom stereocenters. The van der Waals surface area contributed by atoms with Gasteiger partial charge in [0.25, 0.3) is 5.91 Å². The molecule has 0 bridgehead atoms. The minimum atomic E-state index is -0.942. The lowest BCUT2D eigenvalue weighted by atomic mass is 9.79. The molecule has 0 aromatic heterocycles. The van der Waals surface area contributed by atoms with Crippen LogP contribution in [-0.2, 0) is 23.8 Å². The zero-order chi connectivity index (χ0) is 23.1. The van der Waals surface area contributed by atoms with Crippen LogP contribution >= 0.6 is 0 Å². The Hall–Kier alpha value is -3.06.